The number of hydrogen-bond donors (Lipinski definition) is 1. The molecule has 0 saturated heterocycles. The van der Waals surface area contributed by atoms with Gasteiger partial charge in [-0.3, -0.25) is 0 Å². The Morgan fingerprint density at radius 2 is 2.22 bits per heavy atom. The molecule has 9 heavy (non-hydrogen) atoms. The monoisotopic (exact) mass is 125 g/mol. The lowest BCUT2D eigenvalue weighted by atomic mass is 9.84. The number of rotatable bonds is 0. The molecule has 0 amide bonds. The predicted molar refractivity (Wildman–Crippen MR) is 38.0 cm³/mol. The van der Waals surface area contributed by atoms with Gasteiger partial charge in [0.25, 0.3) is 0 Å². The molecule has 0 heterocycles. The van der Waals surface area contributed by atoms with Crippen molar-refractivity contribution in [3.8, 4) is 0 Å². The second kappa shape index (κ2) is 1.51. The lowest BCUT2D eigenvalue weighted by Gasteiger charge is -2.29. The van der Waals surface area contributed by atoms with Crippen LogP contribution in [0.5, 0.6) is 0 Å². The van der Waals surface area contributed by atoms with Crippen LogP contribution in [0.4, 0.5) is 0 Å². The smallest absolute Gasteiger partial charge is 0.0157 e. The van der Waals surface area contributed by atoms with E-state index >= 15 is 0 Å². The Hall–Kier alpha value is -0.0400. The van der Waals surface area contributed by atoms with Crippen LogP contribution in [-0.4, -0.2) is 5.54 Å². The average Bonchev–Trinajstić information content (AvgIpc) is 2.19. The Labute approximate surface area is 56.6 Å². The first-order valence-electron chi connectivity index (χ1n) is 3.97. The first kappa shape index (κ1) is 5.72. The van der Waals surface area contributed by atoms with Crippen LogP contribution in [0.1, 0.15) is 32.6 Å². The van der Waals surface area contributed by atoms with Gasteiger partial charge in [-0.05, 0) is 38.0 Å². The zero-order chi connectivity index (χ0) is 6.48. The van der Waals surface area contributed by atoms with Gasteiger partial charge in [0.2, 0.25) is 0 Å². The largest absolute Gasteiger partial charge is 0.325 e. The SMILES string of the molecule is C[C@]1(N)C[C@H]2CC[C@@H]1C2. The quantitative estimate of drug-likeness (QED) is 0.522. The van der Waals surface area contributed by atoms with Crippen LogP contribution < -0.4 is 5.73 Å². The van der Waals surface area contributed by atoms with E-state index in [-0.39, 0.29) is 5.54 Å². The highest BCUT2D eigenvalue weighted by atomic mass is 14.8. The second-order valence-electron chi connectivity index (χ2n) is 4.09. The van der Waals surface area contributed by atoms with Crippen LogP contribution in [0.2, 0.25) is 0 Å². The normalized spacial score (nSPS) is 56.7. The summed E-state index contributed by atoms with van der Waals surface area (Å²) in [6, 6.07) is 0. The molecular formula is C8H15N. The molecule has 0 aromatic carbocycles. The molecule has 0 aliphatic heterocycles. The van der Waals surface area contributed by atoms with Gasteiger partial charge in [0.05, 0.1) is 0 Å². The van der Waals surface area contributed by atoms with Gasteiger partial charge in [-0.15, -0.1) is 0 Å². The third-order valence-electron chi connectivity index (χ3n) is 3.20. The maximum absolute atomic E-state index is 6.06. The maximum Gasteiger partial charge on any atom is 0.0157 e. The molecule has 1 nitrogen and oxygen atoms in total. The summed E-state index contributed by atoms with van der Waals surface area (Å²) < 4.78 is 0. The first-order valence-corrected chi connectivity index (χ1v) is 3.97. The minimum absolute atomic E-state index is 0.211. The fourth-order valence-electron chi connectivity index (χ4n) is 2.65. The Kier molecular flexibility index (Phi) is 0.963. The van der Waals surface area contributed by atoms with E-state index in [2.05, 4.69) is 6.92 Å². The minimum Gasteiger partial charge on any atom is -0.325 e. The molecule has 2 saturated carbocycles. The minimum atomic E-state index is 0.211. The van der Waals surface area contributed by atoms with Crippen LogP contribution in [0, 0.1) is 11.8 Å². The van der Waals surface area contributed by atoms with Crippen molar-refractivity contribution in [2.75, 3.05) is 0 Å². The van der Waals surface area contributed by atoms with Crippen molar-refractivity contribution in [2.24, 2.45) is 17.6 Å². The molecule has 2 rings (SSSR count). The van der Waals surface area contributed by atoms with E-state index in [1.165, 1.54) is 25.7 Å². The van der Waals surface area contributed by atoms with Crippen LogP contribution in [-0.2, 0) is 0 Å². The van der Waals surface area contributed by atoms with Crippen molar-refractivity contribution in [1.29, 1.82) is 0 Å². The van der Waals surface area contributed by atoms with E-state index < -0.39 is 0 Å². The molecule has 0 spiro atoms. The fourth-order valence-corrected chi connectivity index (χ4v) is 2.65. The maximum atomic E-state index is 6.06. The Morgan fingerprint density at radius 1 is 1.44 bits per heavy atom. The van der Waals surface area contributed by atoms with Crippen LogP contribution in [0.25, 0.3) is 0 Å². The molecule has 2 aliphatic rings. The van der Waals surface area contributed by atoms with E-state index in [0.29, 0.717) is 0 Å². The summed E-state index contributed by atoms with van der Waals surface area (Å²) >= 11 is 0. The molecule has 2 fully saturated rings. The Morgan fingerprint density at radius 3 is 2.44 bits per heavy atom. The summed E-state index contributed by atoms with van der Waals surface area (Å²) in [6.45, 7) is 2.22. The van der Waals surface area contributed by atoms with Crippen LogP contribution >= 0.6 is 0 Å². The van der Waals surface area contributed by atoms with Gasteiger partial charge in [0, 0.05) is 5.54 Å². The van der Waals surface area contributed by atoms with E-state index in [1.807, 2.05) is 0 Å². The van der Waals surface area contributed by atoms with E-state index in [9.17, 15) is 0 Å². The molecule has 0 aromatic rings. The lowest BCUT2D eigenvalue weighted by Crippen LogP contribution is -2.41. The summed E-state index contributed by atoms with van der Waals surface area (Å²) in [5.41, 5.74) is 6.27. The van der Waals surface area contributed by atoms with Gasteiger partial charge >= 0.3 is 0 Å². The van der Waals surface area contributed by atoms with Crippen molar-refractivity contribution < 1.29 is 0 Å². The topological polar surface area (TPSA) is 26.0 Å². The molecule has 3 atom stereocenters. The summed E-state index contributed by atoms with van der Waals surface area (Å²) in [5, 5.41) is 0. The Bertz CT molecular complexity index is 129. The van der Waals surface area contributed by atoms with Gasteiger partial charge in [0.1, 0.15) is 0 Å². The van der Waals surface area contributed by atoms with Gasteiger partial charge in [0.15, 0.2) is 0 Å². The second-order valence-corrected chi connectivity index (χ2v) is 4.09. The predicted octanol–water partition coefficient (Wildman–Crippen LogP) is 1.52. The number of hydrogen-bond acceptors (Lipinski definition) is 1. The Balaban J connectivity index is 2.18. The molecule has 0 radical (unpaired) electrons. The van der Waals surface area contributed by atoms with Crippen molar-refractivity contribution in [3.63, 3.8) is 0 Å². The van der Waals surface area contributed by atoms with E-state index in [4.69, 9.17) is 5.73 Å². The van der Waals surface area contributed by atoms with Crippen molar-refractivity contribution in [3.05, 3.63) is 0 Å². The molecule has 0 unspecified atom stereocenters. The molecule has 0 aromatic heterocycles. The molecule has 1 heteroatoms. The summed E-state index contributed by atoms with van der Waals surface area (Å²) in [4.78, 5) is 0. The lowest BCUT2D eigenvalue weighted by molar-refractivity contribution is 0.297. The zero-order valence-corrected chi connectivity index (χ0v) is 6.06. The molecule has 2 bridgehead atoms. The van der Waals surface area contributed by atoms with Crippen molar-refractivity contribution in [2.45, 2.75) is 38.1 Å². The summed E-state index contributed by atoms with van der Waals surface area (Å²) in [7, 11) is 0. The number of nitrogens with two attached hydrogens (primary N) is 1. The highest BCUT2D eigenvalue weighted by Gasteiger charge is 2.45. The van der Waals surface area contributed by atoms with Crippen LogP contribution in [0.3, 0.4) is 0 Å². The van der Waals surface area contributed by atoms with Gasteiger partial charge in [-0.1, -0.05) is 6.42 Å². The van der Waals surface area contributed by atoms with Crippen molar-refractivity contribution >= 4 is 0 Å². The zero-order valence-electron chi connectivity index (χ0n) is 6.06. The molecular weight excluding hydrogens is 110 g/mol. The van der Waals surface area contributed by atoms with Crippen molar-refractivity contribution in [1.82, 2.24) is 0 Å². The highest BCUT2D eigenvalue weighted by molar-refractivity contribution is 5.01. The first-order chi connectivity index (χ1) is 4.18. The number of fused-ring (bicyclic) bond motifs is 2. The third-order valence-corrected chi connectivity index (χ3v) is 3.20. The molecule has 2 N–H and O–H groups in total. The van der Waals surface area contributed by atoms with E-state index in [0.717, 1.165) is 11.8 Å². The highest BCUT2D eigenvalue weighted by Crippen LogP contribution is 2.49. The van der Waals surface area contributed by atoms with E-state index in [1.54, 1.807) is 0 Å². The fraction of sp³-hybridized carbons (Fsp3) is 1.00. The summed E-state index contributed by atoms with van der Waals surface area (Å²) in [6.07, 6.45) is 5.57. The molecule has 2 aliphatic carbocycles. The standard InChI is InChI=1S/C8H15N/c1-8(9)5-6-2-3-7(8)4-6/h6-7H,2-5,9H2,1H3/t6-,7+,8-/m0/s1. The summed E-state index contributed by atoms with van der Waals surface area (Å²) in [5.74, 6) is 1.85. The van der Waals surface area contributed by atoms with Crippen LogP contribution in [0.15, 0.2) is 0 Å². The average molecular weight is 125 g/mol. The van der Waals surface area contributed by atoms with Gasteiger partial charge in [-0.25, -0.2) is 0 Å². The third kappa shape index (κ3) is 0.710. The van der Waals surface area contributed by atoms with Gasteiger partial charge < -0.3 is 5.73 Å². The molecule has 52 valence electrons. The van der Waals surface area contributed by atoms with Gasteiger partial charge in [-0.2, -0.15) is 0 Å².